The Labute approximate surface area is 335 Å². The van der Waals surface area contributed by atoms with Gasteiger partial charge in [0.15, 0.2) is 17.5 Å². The molecule has 5 heteroatoms. The molecular weight excluding hydrogens is 709 g/mol. The van der Waals surface area contributed by atoms with E-state index in [1.165, 1.54) is 5.56 Å². The lowest BCUT2D eigenvalue weighted by Gasteiger charge is -2.27. The third kappa shape index (κ3) is 5.85. The maximum Gasteiger partial charge on any atom is 0.164 e. The molecule has 0 saturated heterocycles. The van der Waals surface area contributed by atoms with Crippen LogP contribution in [0.3, 0.4) is 0 Å². The minimum atomic E-state index is 0.569. The fourth-order valence-electron chi connectivity index (χ4n) is 8.10. The van der Waals surface area contributed by atoms with Gasteiger partial charge in [0.1, 0.15) is 11.2 Å². The minimum Gasteiger partial charge on any atom is -0.455 e. The standard InChI is InChI=1S/C53H34N4O/c1-4-15-35(16-5-1)37-29-31-42(32-30-37)57(41-21-8-3-9-22-41)47-34-46-43-23-12-13-26-48(43)58-50(46)49-44(47)24-14-25-45(49)53-55-51(38-18-6-2-7-19-38)54-52(56-53)40-28-27-36-17-10-11-20-39(36)33-40/h1-34H. The van der Waals surface area contributed by atoms with Gasteiger partial charge in [-0.25, -0.2) is 15.0 Å². The maximum atomic E-state index is 6.83. The molecule has 0 unspecified atom stereocenters. The normalized spacial score (nSPS) is 11.4. The van der Waals surface area contributed by atoms with Gasteiger partial charge in [0.2, 0.25) is 0 Å². The molecule has 0 fully saturated rings. The molecule has 0 atom stereocenters. The molecule has 0 saturated carbocycles. The number of anilines is 3. The first-order valence-corrected chi connectivity index (χ1v) is 19.4. The zero-order valence-electron chi connectivity index (χ0n) is 31.3. The van der Waals surface area contributed by atoms with Gasteiger partial charge in [0.05, 0.1) is 5.69 Å². The Morgan fingerprint density at radius 3 is 1.71 bits per heavy atom. The molecule has 58 heavy (non-hydrogen) atoms. The maximum absolute atomic E-state index is 6.83. The first kappa shape index (κ1) is 33.4. The van der Waals surface area contributed by atoms with E-state index < -0.39 is 0 Å². The molecule has 272 valence electrons. The predicted molar refractivity (Wildman–Crippen MR) is 239 cm³/mol. The van der Waals surface area contributed by atoms with Gasteiger partial charge < -0.3 is 9.32 Å². The van der Waals surface area contributed by atoms with Crippen LogP contribution < -0.4 is 4.90 Å². The Morgan fingerprint density at radius 2 is 0.931 bits per heavy atom. The highest BCUT2D eigenvalue weighted by atomic mass is 16.3. The van der Waals surface area contributed by atoms with Crippen LogP contribution in [0.1, 0.15) is 0 Å². The first-order valence-electron chi connectivity index (χ1n) is 19.4. The average Bonchev–Trinajstić information content (AvgIpc) is 3.68. The number of furan rings is 1. The van der Waals surface area contributed by atoms with Crippen molar-refractivity contribution in [1.82, 2.24) is 15.0 Å². The predicted octanol–water partition coefficient (Wildman–Crippen LogP) is 14.2. The second-order valence-corrected chi connectivity index (χ2v) is 14.4. The van der Waals surface area contributed by atoms with Crippen molar-refractivity contribution >= 4 is 60.5 Å². The summed E-state index contributed by atoms with van der Waals surface area (Å²) >= 11 is 0. The smallest absolute Gasteiger partial charge is 0.164 e. The molecular formula is C53H34N4O. The lowest BCUT2D eigenvalue weighted by atomic mass is 9.97. The van der Waals surface area contributed by atoms with Gasteiger partial charge in [-0.05, 0) is 64.4 Å². The van der Waals surface area contributed by atoms with Crippen molar-refractivity contribution in [3.63, 3.8) is 0 Å². The summed E-state index contributed by atoms with van der Waals surface area (Å²) in [6.07, 6.45) is 0. The van der Waals surface area contributed by atoms with E-state index in [0.717, 1.165) is 82.8 Å². The van der Waals surface area contributed by atoms with E-state index in [9.17, 15) is 0 Å². The first-order chi connectivity index (χ1) is 28.7. The van der Waals surface area contributed by atoms with Crippen LogP contribution in [-0.4, -0.2) is 15.0 Å². The van der Waals surface area contributed by atoms with Crippen molar-refractivity contribution in [2.24, 2.45) is 0 Å². The van der Waals surface area contributed by atoms with Gasteiger partial charge in [-0.3, -0.25) is 0 Å². The summed E-state index contributed by atoms with van der Waals surface area (Å²) in [5, 5.41) is 6.28. The van der Waals surface area contributed by atoms with Gasteiger partial charge in [-0.15, -0.1) is 0 Å². The lowest BCUT2D eigenvalue weighted by molar-refractivity contribution is 0.672. The second-order valence-electron chi connectivity index (χ2n) is 14.4. The van der Waals surface area contributed by atoms with E-state index in [2.05, 4.69) is 163 Å². The number of aromatic nitrogens is 3. The monoisotopic (exact) mass is 742 g/mol. The van der Waals surface area contributed by atoms with Gasteiger partial charge in [-0.2, -0.15) is 0 Å². The molecule has 0 aliphatic heterocycles. The van der Waals surface area contributed by atoms with E-state index in [1.54, 1.807) is 0 Å². The van der Waals surface area contributed by atoms with Gasteiger partial charge in [-0.1, -0.05) is 164 Å². The van der Waals surface area contributed by atoms with Crippen LogP contribution in [0.2, 0.25) is 0 Å². The number of hydrogen-bond acceptors (Lipinski definition) is 5. The fourth-order valence-corrected chi connectivity index (χ4v) is 8.10. The zero-order valence-corrected chi connectivity index (χ0v) is 31.3. The minimum absolute atomic E-state index is 0.569. The van der Waals surface area contributed by atoms with Gasteiger partial charge in [0, 0.05) is 49.6 Å². The van der Waals surface area contributed by atoms with Crippen LogP contribution in [-0.2, 0) is 0 Å². The van der Waals surface area contributed by atoms with Gasteiger partial charge >= 0.3 is 0 Å². The Kier molecular flexibility index (Phi) is 8.07. The zero-order chi connectivity index (χ0) is 38.4. The SMILES string of the molecule is c1ccc(-c2ccc(N(c3ccccc3)c3cc4c5ccccc5oc4c4c(-c5nc(-c6ccccc6)nc(-c6ccc7ccccc7c6)n5)cccc34)cc2)cc1. The molecule has 2 heterocycles. The van der Waals surface area contributed by atoms with Crippen molar-refractivity contribution < 1.29 is 4.42 Å². The molecule has 9 aromatic carbocycles. The summed E-state index contributed by atoms with van der Waals surface area (Å²) in [6, 6.07) is 71.6. The summed E-state index contributed by atoms with van der Waals surface area (Å²) in [5.74, 6) is 1.78. The van der Waals surface area contributed by atoms with Gasteiger partial charge in [0.25, 0.3) is 0 Å². The highest BCUT2D eigenvalue weighted by molar-refractivity contribution is 6.23. The van der Waals surface area contributed by atoms with Crippen LogP contribution in [0.15, 0.2) is 211 Å². The molecule has 11 rings (SSSR count). The van der Waals surface area contributed by atoms with Crippen molar-refractivity contribution in [2.75, 3.05) is 4.90 Å². The molecule has 11 aromatic rings. The lowest BCUT2D eigenvalue weighted by Crippen LogP contribution is -2.10. The number of benzene rings is 9. The fraction of sp³-hybridized carbons (Fsp3) is 0. The Morgan fingerprint density at radius 1 is 0.362 bits per heavy atom. The van der Waals surface area contributed by atoms with Crippen molar-refractivity contribution in [3.8, 4) is 45.3 Å². The highest BCUT2D eigenvalue weighted by Crippen LogP contribution is 2.47. The van der Waals surface area contributed by atoms with Crippen molar-refractivity contribution in [3.05, 3.63) is 206 Å². The quantitative estimate of drug-likeness (QED) is 0.163. The number of rotatable bonds is 7. The molecule has 0 amide bonds. The number of hydrogen-bond donors (Lipinski definition) is 0. The van der Waals surface area contributed by atoms with Crippen LogP contribution in [0.5, 0.6) is 0 Å². The molecule has 0 spiro atoms. The van der Waals surface area contributed by atoms with E-state index >= 15 is 0 Å². The number of fused-ring (bicyclic) bond motifs is 6. The van der Waals surface area contributed by atoms with Crippen LogP contribution in [0, 0.1) is 0 Å². The average molecular weight is 743 g/mol. The molecule has 0 aliphatic carbocycles. The Hall–Kier alpha value is -7.89. The summed E-state index contributed by atoms with van der Waals surface area (Å²) < 4.78 is 6.83. The third-order valence-corrected chi connectivity index (χ3v) is 10.9. The second kappa shape index (κ2) is 14.0. The van der Waals surface area contributed by atoms with E-state index in [-0.39, 0.29) is 0 Å². The molecule has 0 bridgehead atoms. The summed E-state index contributed by atoms with van der Waals surface area (Å²) in [5.41, 5.74) is 9.73. The van der Waals surface area contributed by atoms with Crippen molar-refractivity contribution in [1.29, 1.82) is 0 Å². The third-order valence-electron chi connectivity index (χ3n) is 10.9. The summed E-state index contributed by atoms with van der Waals surface area (Å²) in [4.78, 5) is 17.9. The van der Waals surface area contributed by atoms with Crippen LogP contribution in [0.25, 0.3) is 88.8 Å². The van der Waals surface area contributed by atoms with E-state index in [4.69, 9.17) is 19.4 Å². The van der Waals surface area contributed by atoms with Crippen molar-refractivity contribution in [2.45, 2.75) is 0 Å². The topological polar surface area (TPSA) is 55.1 Å². The molecule has 5 nitrogen and oxygen atoms in total. The van der Waals surface area contributed by atoms with E-state index in [0.29, 0.717) is 17.5 Å². The molecule has 0 N–H and O–H groups in total. The summed E-state index contributed by atoms with van der Waals surface area (Å²) in [6.45, 7) is 0. The Balaban J connectivity index is 1.19. The number of nitrogens with zero attached hydrogens (tertiary/aromatic N) is 4. The largest absolute Gasteiger partial charge is 0.455 e. The Bertz CT molecular complexity index is 3270. The number of para-hydroxylation sites is 2. The molecule has 0 aliphatic rings. The summed E-state index contributed by atoms with van der Waals surface area (Å²) in [7, 11) is 0. The highest BCUT2D eigenvalue weighted by Gasteiger charge is 2.24. The van der Waals surface area contributed by atoms with E-state index in [1.807, 2.05) is 48.5 Å². The van der Waals surface area contributed by atoms with Crippen LogP contribution >= 0.6 is 0 Å². The molecule has 2 aromatic heterocycles. The molecule has 0 radical (unpaired) electrons. The van der Waals surface area contributed by atoms with Crippen LogP contribution in [0.4, 0.5) is 17.1 Å².